The van der Waals surface area contributed by atoms with E-state index in [1.54, 1.807) is 6.07 Å². The fraction of sp³-hybridized carbons (Fsp3) is 0. The van der Waals surface area contributed by atoms with Crippen LogP contribution in [-0.4, -0.2) is 11.3 Å². The lowest BCUT2D eigenvalue weighted by Crippen LogP contribution is -2.09. The van der Waals surface area contributed by atoms with Crippen LogP contribution in [0.3, 0.4) is 0 Å². The Balaban J connectivity index is 2.73. The van der Waals surface area contributed by atoms with Crippen LogP contribution in [0.25, 0.3) is 11.1 Å². The Morgan fingerprint density at radius 3 is 2.44 bits per heavy atom. The maximum Gasteiger partial charge on any atom is 0.255 e. The number of carbonyl (C=O) groups excluding carboxylic acids is 1. The first-order valence-electron chi connectivity index (χ1n) is 4.86. The van der Waals surface area contributed by atoms with Crippen LogP contribution in [0.4, 0.5) is 0 Å². The van der Waals surface area contributed by atoms with Gasteiger partial charge in [0.05, 0.1) is 15.1 Å². The second-order valence-corrected chi connectivity index (χ2v) is 4.68. The van der Waals surface area contributed by atoms with E-state index >= 15 is 0 Å². The van der Waals surface area contributed by atoms with Crippen molar-refractivity contribution in [2.24, 2.45) is 0 Å². The molecule has 6 heteroatoms. The Morgan fingerprint density at radius 1 is 1.06 bits per heavy atom. The molecule has 18 heavy (non-hydrogen) atoms. The highest BCUT2D eigenvalue weighted by Gasteiger charge is 2.13. The lowest BCUT2D eigenvalue weighted by molar-refractivity contribution is 0.112. The number of rotatable bonds is 2. The molecule has 0 atom stereocenters. The minimum Gasteiger partial charge on any atom is -0.328 e. The molecule has 0 unspecified atom stereocenters. The van der Waals surface area contributed by atoms with E-state index < -0.39 is 0 Å². The van der Waals surface area contributed by atoms with E-state index in [4.69, 9.17) is 34.8 Å². The number of aromatic amines is 1. The van der Waals surface area contributed by atoms with Crippen molar-refractivity contribution < 1.29 is 4.79 Å². The van der Waals surface area contributed by atoms with Crippen molar-refractivity contribution in [2.75, 3.05) is 0 Å². The summed E-state index contributed by atoms with van der Waals surface area (Å²) >= 11 is 17.8. The summed E-state index contributed by atoms with van der Waals surface area (Å²) in [4.78, 5) is 24.9. The monoisotopic (exact) mass is 301 g/mol. The Kier molecular flexibility index (Phi) is 3.76. The summed E-state index contributed by atoms with van der Waals surface area (Å²) in [5.74, 6) is 0. The highest BCUT2D eigenvalue weighted by Crippen LogP contribution is 2.36. The molecule has 0 aliphatic heterocycles. The van der Waals surface area contributed by atoms with Gasteiger partial charge in [0, 0.05) is 22.9 Å². The highest BCUT2D eigenvalue weighted by molar-refractivity contribution is 6.49. The van der Waals surface area contributed by atoms with Crippen molar-refractivity contribution in [3.05, 3.63) is 55.4 Å². The molecular formula is C12H6Cl3NO2. The van der Waals surface area contributed by atoms with Gasteiger partial charge in [-0.05, 0) is 12.1 Å². The predicted octanol–water partition coefficient (Wildman–Crippen LogP) is 3.81. The second-order valence-electron chi connectivity index (χ2n) is 3.52. The van der Waals surface area contributed by atoms with Crippen molar-refractivity contribution in [2.45, 2.75) is 0 Å². The van der Waals surface area contributed by atoms with Crippen LogP contribution < -0.4 is 5.56 Å². The third-order valence-electron chi connectivity index (χ3n) is 2.39. The molecule has 2 aromatic rings. The maximum atomic E-state index is 11.7. The summed E-state index contributed by atoms with van der Waals surface area (Å²) in [6.07, 6.45) is 1.95. The zero-order valence-electron chi connectivity index (χ0n) is 8.84. The lowest BCUT2D eigenvalue weighted by Gasteiger charge is -2.07. The number of aldehydes is 1. The number of nitrogens with one attached hydrogen (secondary N) is 1. The number of carbonyl (C=O) groups is 1. The van der Waals surface area contributed by atoms with E-state index in [2.05, 4.69) is 4.98 Å². The molecule has 1 N–H and O–H groups in total. The maximum absolute atomic E-state index is 11.7. The number of H-pyrrole nitrogens is 1. The van der Waals surface area contributed by atoms with Gasteiger partial charge in [-0.2, -0.15) is 0 Å². The molecule has 0 spiro atoms. The summed E-state index contributed by atoms with van der Waals surface area (Å²) in [7, 11) is 0. The molecule has 0 radical (unpaired) electrons. The Morgan fingerprint density at radius 2 is 1.78 bits per heavy atom. The Hall–Kier alpha value is -1.29. The van der Waals surface area contributed by atoms with Gasteiger partial charge in [-0.1, -0.05) is 40.9 Å². The van der Waals surface area contributed by atoms with Crippen LogP contribution in [0.1, 0.15) is 10.4 Å². The normalized spacial score (nSPS) is 10.4. The van der Waals surface area contributed by atoms with Crippen LogP contribution in [0, 0.1) is 0 Å². The van der Waals surface area contributed by atoms with Gasteiger partial charge >= 0.3 is 0 Å². The molecule has 0 amide bonds. The van der Waals surface area contributed by atoms with Crippen molar-refractivity contribution in [3.63, 3.8) is 0 Å². The molecule has 0 aliphatic rings. The summed E-state index contributed by atoms with van der Waals surface area (Å²) in [5.41, 5.74) is 0.673. The second kappa shape index (κ2) is 5.14. The quantitative estimate of drug-likeness (QED) is 0.677. The molecule has 2 rings (SSSR count). The molecule has 0 bridgehead atoms. The van der Waals surface area contributed by atoms with Gasteiger partial charge in [0.25, 0.3) is 5.56 Å². The minimum atomic E-state index is -0.360. The number of benzene rings is 1. The molecule has 1 aromatic heterocycles. The third kappa shape index (κ3) is 2.29. The van der Waals surface area contributed by atoms with E-state index in [9.17, 15) is 9.59 Å². The molecule has 0 saturated heterocycles. The van der Waals surface area contributed by atoms with E-state index in [1.165, 1.54) is 18.3 Å². The number of hydrogen-bond donors (Lipinski definition) is 1. The summed E-state index contributed by atoms with van der Waals surface area (Å²) in [6, 6.07) is 4.56. The standard InChI is InChI=1S/C12H6Cl3NO2/c13-9-2-1-7(10(14)11(9)15)8-3-6(5-17)4-16-12(8)18/h1-5H,(H,16,18). The van der Waals surface area contributed by atoms with Crippen LogP contribution >= 0.6 is 34.8 Å². The average molecular weight is 303 g/mol. The molecule has 92 valence electrons. The van der Waals surface area contributed by atoms with Crippen molar-refractivity contribution >= 4 is 41.1 Å². The fourth-order valence-corrected chi connectivity index (χ4v) is 2.14. The van der Waals surface area contributed by atoms with Gasteiger partial charge in [0.1, 0.15) is 0 Å². The van der Waals surface area contributed by atoms with Crippen molar-refractivity contribution in [1.82, 2.24) is 4.98 Å². The topological polar surface area (TPSA) is 49.9 Å². The molecule has 1 aromatic carbocycles. The first kappa shape index (κ1) is 13.1. The van der Waals surface area contributed by atoms with Gasteiger partial charge in [-0.25, -0.2) is 0 Å². The van der Waals surface area contributed by atoms with Gasteiger partial charge in [-0.15, -0.1) is 0 Å². The van der Waals surface area contributed by atoms with Crippen LogP contribution in [0.2, 0.25) is 15.1 Å². The molecule has 0 fully saturated rings. The number of aromatic nitrogens is 1. The largest absolute Gasteiger partial charge is 0.328 e. The predicted molar refractivity (Wildman–Crippen MR) is 72.9 cm³/mol. The van der Waals surface area contributed by atoms with E-state index in [0.29, 0.717) is 22.4 Å². The molecule has 3 nitrogen and oxygen atoms in total. The van der Waals surface area contributed by atoms with Crippen molar-refractivity contribution in [3.8, 4) is 11.1 Å². The van der Waals surface area contributed by atoms with Crippen molar-refractivity contribution in [1.29, 1.82) is 0 Å². The minimum absolute atomic E-state index is 0.173. The van der Waals surface area contributed by atoms with Crippen LogP contribution in [0.5, 0.6) is 0 Å². The Bertz CT molecular complexity index is 680. The van der Waals surface area contributed by atoms with Crippen LogP contribution in [-0.2, 0) is 0 Å². The number of hydrogen-bond acceptors (Lipinski definition) is 2. The fourth-order valence-electron chi connectivity index (χ4n) is 1.50. The van der Waals surface area contributed by atoms with Gasteiger partial charge in [-0.3, -0.25) is 9.59 Å². The summed E-state index contributed by atoms with van der Waals surface area (Å²) in [5, 5.41) is 0.651. The Labute approximate surface area is 117 Å². The smallest absolute Gasteiger partial charge is 0.255 e. The zero-order chi connectivity index (χ0) is 13.3. The molecule has 0 aliphatic carbocycles. The number of pyridine rings is 1. The first-order valence-corrected chi connectivity index (χ1v) is 5.99. The summed E-state index contributed by atoms with van der Waals surface area (Å²) in [6.45, 7) is 0. The molecule has 1 heterocycles. The van der Waals surface area contributed by atoms with Gasteiger partial charge < -0.3 is 4.98 Å². The average Bonchev–Trinajstić information content (AvgIpc) is 2.37. The highest BCUT2D eigenvalue weighted by atomic mass is 35.5. The number of halogens is 3. The lowest BCUT2D eigenvalue weighted by atomic mass is 10.1. The zero-order valence-corrected chi connectivity index (χ0v) is 11.1. The molecular weight excluding hydrogens is 296 g/mol. The third-order valence-corrected chi connectivity index (χ3v) is 3.68. The van der Waals surface area contributed by atoms with E-state index in [0.717, 1.165) is 0 Å². The van der Waals surface area contributed by atoms with E-state index in [1.807, 2.05) is 0 Å². The first-order chi connectivity index (χ1) is 8.54. The van der Waals surface area contributed by atoms with Gasteiger partial charge in [0.2, 0.25) is 0 Å². The molecule has 0 saturated carbocycles. The van der Waals surface area contributed by atoms with Crippen LogP contribution in [0.15, 0.2) is 29.2 Å². The SMILES string of the molecule is O=Cc1c[nH]c(=O)c(-c2ccc(Cl)c(Cl)c2Cl)c1. The van der Waals surface area contributed by atoms with E-state index in [-0.39, 0.29) is 21.2 Å². The van der Waals surface area contributed by atoms with Gasteiger partial charge in [0.15, 0.2) is 6.29 Å². The summed E-state index contributed by atoms with van der Waals surface area (Å²) < 4.78 is 0.